The second kappa shape index (κ2) is 15.0. The van der Waals surface area contributed by atoms with Crippen LogP contribution in [0.25, 0.3) is 0 Å². The molecule has 7 nitrogen and oxygen atoms in total. The third kappa shape index (κ3) is 16.5. The number of carbonyl (C=O) groups excluding carboxylic acids is 2. The Bertz CT molecular complexity index is 389. The minimum absolute atomic E-state index is 0. The van der Waals surface area contributed by atoms with E-state index in [1.54, 1.807) is 0 Å². The number of hydrogen-bond donors (Lipinski definition) is 2. The molecule has 0 aliphatic heterocycles. The molecule has 0 radical (unpaired) electrons. The van der Waals surface area contributed by atoms with Crippen LogP contribution in [0.2, 0.25) is 0 Å². The van der Waals surface area contributed by atoms with Gasteiger partial charge in [-0.1, -0.05) is 6.58 Å². The molecule has 0 fully saturated rings. The molecule has 0 aliphatic carbocycles. The predicted molar refractivity (Wildman–Crippen MR) is 70.7 cm³/mol. The topological polar surface area (TPSA) is 118 Å². The molecule has 0 aliphatic rings. The van der Waals surface area contributed by atoms with Crippen LogP contribution in [0.5, 0.6) is 0 Å². The molecule has 0 spiro atoms. The molecule has 0 heterocycles. The molecular weight excluding hydrogens is 289 g/mol. The molecule has 0 atom stereocenters. The normalized spacial score (nSPS) is 8.21. The molecule has 92 valence electrons. The van der Waals surface area contributed by atoms with Gasteiger partial charge < -0.3 is 14.9 Å². The Kier molecular flexibility index (Phi) is 21.9. The fraction of sp³-hybridized carbons (Fsp3) is 0.111. The number of carboxylic acids is 2. The summed E-state index contributed by atoms with van der Waals surface area (Å²) in [5.74, 6) is -5.07. The summed E-state index contributed by atoms with van der Waals surface area (Å²) in [6.07, 6.45) is 0.368. The molecule has 0 unspecified atom stereocenters. The number of rotatable bonds is 5. The van der Waals surface area contributed by atoms with Crippen LogP contribution in [0.3, 0.4) is 0 Å². The molecule has 0 aromatic heterocycles. The van der Waals surface area contributed by atoms with Gasteiger partial charge in [-0.25, -0.2) is 14.4 Å². The number of carboxylic acid groups (broad SMARTS) is 2. The van der Waals surface area contributed by atoms with Crippen molar-refractivity contribution in [3.8, 4) is 0 Å². The summed E-state index contributed by atoms with van der Waals surface area (Å²) in [4.78, 5) is 41.8. The van der Waals surface area contributed by atoms with Crippen LogP contribution >= 0.6 is 0 Å². The molecule has 0 saturated heterocycles. The number of ether oxygens (including phenoxy) is 1. The molecule has 0 bridgehead atoms. The van der Waals surface area contributed by atoms with Crippen LogP contribution in [-0.2, 0) is 23.9 Å². The Morgan fingerprint density at radius 3 is 1.84 bits per heavy atom. The first-order chi connectivity index (χ1) is 7.32. The van der Waals surface area contributed by atoms with Crippen LogP contribution in [0.4, 0.5) is 0 Å². The van der Waals surface area contributed by atoms with Crippen LogP contribution in [-0.4, -0.2) is 123 Å². The standard InChI is InChI=1S/C9H8O7.3Na.3H/c1-5(9(14)15)4-8(13)16-7(12)3-2-6(10)11;;;;;;/h2-3H,1,4H2,(H,10,11)(H,14,15);;;;;;/b3-2-;;;;;;. The van der Waals surface area contributed by atoms with Crippen molar-refractivity contribution < 1.29 is 34.1 Å². The van der Waals surface area contributed by atoms with E-state index >= 15 is 0 Å². The van der Waals surface area contributed by atoms with Gasteiger partial charge in [-0.3, -0.25) is 4.79 Å². The summed E-state index contributed by atoms with van der Waals surface area (Å²) in [6.45, 7) is 3.05. The number of carbonyl (C=O) groups is 4. The quantitative estimate of drug-likeness (QED) is 0.255. The second-order valence-corrected chi connectivity index (χ2v) is 2.55. The zero-order valence-electron chi connectivity index (χ0n) is 8.00. The number of esters is 2. The first kappa shape index (κ1) is 27.8. The Labute approximate surface area is 175 Å². The SMILES string of the molecule is C=C(CC(=O)OC(=O)/C=C\C(=O)O)C(=O)O.[NaH].[NaH].[NaH]. The van der Waals surface area contributed by atoms with Crippen molar-refractivity contribution in [1.82, 2.24) is 0 Å². The summed E-state index contributed by atoms with van der Waals surface area (Å²) in [5.41, 5.74) is -0.431. The first-order valence-electron chi connectivity index (χ1n) is 3.89. The Balaban J connectivity index is -0.000000375. The van der Waals surface area contributed by atoms with Gasteiger partial charge in [-0.2, -0.15) is 0 Å². The maximum atomic E-state index is 10.9. The molecule has 10 heteroatoms. The first-order valence-corrected chi connectivity index (χ1v) is 3.89. The molecule has 19 heavy (non-hydrogen) atoms. The fourth-order valence-electron chi connectivity index (χ4n) is 0.571. The molecular formula is C9H11Na3O7. The van der Waals surface area contributed by atoms with E-state index in [1.165, 1.54) is 0 Å². The van der Waals surface area contributed by atoms with Gasteiger partial charge in [0.15, 0.2) is 0 Å². The average molecular weight is 300 g/mol. The third-order valence-corrected chi connectivity index (χ3v) is 1.24. The van der Waals surface area contributed by atoms with Crippen LogP contribution in [0.1, 0.15) is 6.42 Å². The Morgan fingerprint density at radius 1 is 1.00 bits per heavy atom. The van der Waals surface area contributed by atoms with E-state index in [0.29, 0.717) is 12.2 Å². The van der Waals surface area contributed by atoms with Gasteiger partial charge in [0.05, 0.1) is 6.42 Å². The van der Waals surface area contributed by atoms with Crippen molar-refractivity contribution in [2.45, 2.75) is 6.42 Å². The minimum atomic E-state index is -1.38. The molecule has 0 aromatic rings. The third-order valence-electron chi connectivity index (χ3n) is 1.24. The van der Waals surface area contributed by atoms with Gasteiger partial charge in [-0.05, 0) is 0 Å². The molecule has 0 aromatic carbocycles. The number of hydrogen-bond acceptors (Lipinski definition) is 5. The van der Waals surface area contributed by atoms with E-state index < -0.39 is 35.9 Å². The van der Waals surface area contributed by atoms with Gasteiger partial charge in [0.2, 0.25) is 0 Å². The van der Waals surface area contributed by atoms with Gasteiger partial charge in [0.25, 0.3) is 0 Å². The molecule has 0 saturated carbocycles. The van der Waals surface area contributed by atoms with Crippen molar-refractivity contribution in [3.63, 3.8) is 0 Å². The monoisotopic (exact) mass is 300 g/mol. The van der Waals surface area contributed by atoms with E-state index in [0.717, 1.165) is 0 Å². The zero-order valence-corrected chi connectivity index (χ0v) is 8.00. The Hall–Kier alpha value is 0.560. The van der Waals surface area contributed by atoms with Crippen LogP contribution in [0, 0.1) is 0 Å². The Morgan fingerprint density at radius 2 is 1.47 bits per heavy atom. The molecule has 0 rings (SSSR count). The van der Waals surface area contributed by atoms with Crippen LogP contribution < -0.4 is 0 Å². The van der Waals surface area contributed by atoms with E-state index in [2.05, 4.69) is 11.3 Å². The summed E-state index contributed by atoms with van der Waals surface area (Å²) >= 11 is 0. The second-order valence-electron chi connectivity index (χ2n) is 2.55. The van der Waals surface area contributed by atoms with Crippen LogP contribution in [0.15, 0.2) is 24.3 Å². The summed E-state index contributed by atoms with van der Waals surface area (Å²) < 4.78 is 4.07. The zero-order chi connectivity index (χ0) is 12.7. The van der Waals surface area contributed by atoms with Gasteiger partial charge in [0.1, 0.15) is 0 Å². The van der Waals surface area contributed by atoms with Crippen molar-refractivity contribution in [2.75, 3.05) is 0 Å². The van der Waals surface area contributed by atoms with Crippen molar-refractivity contribution >= 4 is 113 Å². The van der Waals surface area contributed by atoms with E-state index in [-0.39, 0.29) is 88.7 Å². The van der Waals surface area contributed by atoms with E-state index in [1.807, 2.05) is 0 Å². The average Bonchev–Trinajstić information content (AvgIpc) is 2.14. The predicted octanol–water partition coefficient (Wildman–Crippen LogP) is -2.22. The fourth-order valence-corrected chi connectivity index (χ4v) is 0.571. The maximum absolute atomic E-state index is 10.9. The molecule has 0 amide bonds. The van der Waals surface area contributed by atoms with Gasteiger partial charge in [0, 0.05) is 17.7 Å². The molecule has 2 N–H and O–H groups in total. The van der Waals surface area contributed by atoms with E-state index in [9.17, 15) is 19.2 Å². The summed E-state index contributed by atoms with van der Waals surface area (Å²) in [7, 11) is 0. The van der Waals surface area contributed by atoms with Crippen molar-refractivity contribution in [3.05, 3.63) is 24.3 Å². The van der Waals surface area contributed by atoms with Crippen molar-refractivity contribution in [1.29, 1.82) is 0 Å². The summed E-state index contributed by atoms with van der Waals surface area (Å²) in [5, 5.41) is 16.5. The van der Waals surface area contributed by atoms with Gasteiger partial charge >= 0.3 is 113 Å². The number of aliphatic carboxylic acids is 2. The summed E-state index contributed by atoms with van der Waals surface area (Å²) in [6, 6.07) is 0. The van der Waals surface area contributed by atoms with E-state index in [4.69, 9.17) is 10.2 Å². The van der Waals surface area contributed by atoms with Crippen molar-refractivity contribution in [2.24, 2.45) is 0 Å². The van der Waals surface area contributed by atoms with Gasteiger partial charge in [-0.15, -0.1) is 0 Å².